The van der Waals surface area contributed by atoms with Crippen molar-refractivity contribution in [3.63, 3.8) is 0 Å². The van der Waals surface area contributed by atoms with Gasteiger partial charge in [0.2, 0.25) is 0 Å². The van der Waals surface area contributed by atoms with Gasteiger partial charge in [-0.3, -0.25) is 4.79 Å². The maximum absolute atomic E-state index is 12.1. The van der Waals surface area contributed by atoms with Crippen molar-refractivity contribution < 1.29 is 9.63 Å². The van der Waals surface area contributed by atoms with E-state index in [2.05, 4.69) is 17.3 Å². The molecule has 0 saturated heterocycles. The van der Waals surface area contributed by atoms with Crippen LogP contribution in [0.4, 0.5) is 0 Å². The summed E-state index contributed by atoms with van der Waals surface area (Å²) in [6.07, 6.45) is 1.57. The summed E-state index contributed by atoms with van der Waals surface area (Å²) in [7, 11) is 1.48. The Morgan fingerprint density at radius 3 is 2.71 bits per heavy atom. The largest absolute Gasteiger partial charge is 0.399 e. The average molecular weight is 231 g/mol. The summed E-state index contributed by atoms with van der Waals surface area (Å²) in [5.41, 5.74) is 1.80. The molecule has 17 heavy (non-hydrogen) atoms. The summed E-state index contributed by atoms with van der Waals surface area (Å²) >= 11 is 0. The second-order valence-corrected chi connectivity index (χ2v) is 4.30. The third kappa shape index (κ3) is 2.54. The van der Waals surface area contributed by atoms with E-state index >= 15 is 0 Å². The Bertz CT molecular complexity index is 425. The van der Waals surface area contributed by atoms with E-state index in [0.717, 1.165) is 6.42 Å². The number of carbonyl (C=O) groups is 1. The van der Waals surface area contributed by atoms with Crippen LogP contribution in [0.15, 0.2) is 35.5 Å². The lowest BCUT2D eigenvalue weighted by atomic mass is 10.0. The van der Waals surface area contributed by atoms with Gasteiger partial charge in [0.05, 0.1) is 0 Å². The zero-order valence-corrected chi connectivity index (χ0v) is 10.2. The lowest BCUT2D eigenvalue weighted by Gasteiger charge is -2.02. The minimum atomic E-state index is 0.103. The molecule has 3 nitrogen and oxygen atoms in total. The van der Waals surface area contributed by atoms with Crippen LogP contribution < -0.4 is 0 Å². The van der Waals surface area contributed by atoms with Gasteiger partial charge in [0.15, 0.2) is 5.78 Å². The number of hydrogen-bond donors (Lipinski definition) is 0. The van der Waals surface area contributed by atoms with E-state index in [0.29, 0.717) is 18.1 Å². The summed E-state index contributed by atoms with van der Waals surface area (Å²) in [6.45, 7) is 1.93. The van der Waals surface area contributed by atoms with E-state index in [-0.39, 0.29) is 11.7 Å². The fraction of sp³-hybridized carbons (Fsp3) is 0.429. The molecule has 1 aliphatic carbocycles. The van der Waals surface area contributed by atoms with Crippen LogP contribution in [0.25, 0.3) is 0 Å². The molecule has 0 heterocycles. The zero-order valence-electron chi connectivity index (χ0n) is 10.2. The number of ketones is 1. The van der Waals surface area contributed by atoms with E-state index in [1.54, 1.807) is 0 Å². The molecule has 0 aliphatic heterocycles. The minimum Gasteiger partial charge on any atom is -0.399 e. The van der Waals surface area contributed by atoms with Gasteiger partial charge in [-0.05, 0) is 24.3 Å². The number of oxime groups is 1. The molecule has 0 bridgehead atoms. The summed E-state index contributed by atoms with van der Waals surface area (Å²) in [5.74, 6) is 0.617. The SMILES string of the molecule is CCC(=NOC)C(=O)C1CC1c1ccccc1. The molecule has 1 saturated carbocycles. The molecule has 0 radical (unpaired) electrons. The maximum Gasteiger partial charge on any atom is 0.184 e. The highest BCUT2D eigenvalue weighted by Crippen LogP contribution is 2.48. The Morgan fingerprint density at radius 2 is 2.12 bits per heavy atom. The number of rotatable bonds is 5. The third-order valence-electron chi connectivity index (χ3n) is 3.18. The zero-order chi connectivity index (χ0) is 12.3. The van der Waals surface area contributed by atoms with Crippen molar-refractivity contribution in [3.8, 4) is 0 Å². The Balaban J connectivity index is 2.04. The van der Waals surface area contributed by atoms with Crippen LogP contribution in [0.1, 0.15) is 31.2 Å². The second kappa shape index (κ2) is 5.13. The highest BCUT2D eigenvalue weighted by Gasteiger charge is 2.44. The smallest absolute Gasteiger partial charge is 0.184 e. The number of benzene rings is 1. The second-order valence-electron chi connectivity index (χ2n) is 4.30. The van der Waals surface area contributed by atoms with Crippen molar-refractivity contribution in [2.75, 3.05) is 7.11 Å². The quantitative estimate of drug-likeness (QED) is 0.577. The number of nitrogens with zero attached hydrogens (tertiary/aromatic N) is 1. The lowest BCUT2D eigenvalue weighted by Crippen LogP contribution is -2.16. The first kappa shape index (κ1) is 11.8. The molecule has 2 rings (SSSR count). The van der Waals surface area contributed by atoms with Crippen molar-refractivity contribution >= 4 is 11.5 Å². The molecule has 2 unspecified atom stereocenters. The molecule has 90 valence electrons. The average Bonchev–Trinajstić information content (AvgIpc) is 3.16. The van der Waals surface area contributed by atoms with Crippen LogP contribution in [0.3, 0.4) is 0 Å². The van der Waals surface area contributed by atoms with Gasteiger partial charge in [-0.1, -0.05) is 42.4 Å². The van der Waals surface area contributed by atoms with E-state index in [9.17, 15) is 4.79 Å². The molecular weight excluding hydrogens is 214 g/mol. The van der Waals surface area contributed by atoms with Crippen LogP contribution >= 0.6 is 0 Å². The Morgan fingerprint density at radius 1 is 1.41 bits per heavy atom. The van der Waals surface area contributed by atoms with Gasteiger partial charge in [0, 0.05) is 5.92 Å². The van der Waals surface area contributed by atoms with E-state index in [4.69, 9.17) is 4.84 Å². The van der Waals surface area contributed by atoms with E-state index in [1.807, 2.05) is 25.1 Å². The van der Waals surface area contributed by atoms with Crippen molar-refractivity contribution in [2.45, 2.75) is 25.7 Å². The molecule has 0 amide bonds. The number of Topliss-reactive ketones (excluding diaryl/α,β-unsaturated/α-hetero) is 1. The summed E-state index contributed by atoms with van der Waals surface area (Å²) in [5, 5.41) is 3.80. The predicted molar refractivity (Wildman–Crippen MR) is 67.0 cm³/mol. The maximum atomic E-state index is 12.1. The first-order valence-electron chi connectivity index (χ1n) is 5.97. The van der Waals surface area contributed by atoms with Gasteiger partial charge >= 0.3 is 0 Å². The Hall–Kier alpha value is -1.64. The van der Waals surface area contributed by atoms with Crippen LogP contribution in [-0.4, -0.2) is 18.6 Å². The molecule has 0 spiro atoms. The van der Waals surface area contributed by atoms with Gasteiger partial charge in [-0.15, -0.1) is 0 Å². The Kier molecular flexibility index (Phi) is 3.57. The monoisotopic (exact) mass is 231 g/mol. The fourth-order valence-corrected chi connectivity index (χ4v) is 2.16. The fourth-order valence-electron chi connectivity index (χ4n) is 2.16. The van der Waals surface area contributed by atoms with Gasteiger partial charge in [0.25, 0.3) is 0 Å². The first-order chi connectivity index (χ1) is 8.27. The first-order valence-corrected chi connectivity index (χ1v) is 5.97. The third-order valence-corrected chi connectivity index (χ3v) is 3.18. The van der Waals surface area contributed by atoms with Crippen LogP contribution in [-0.2, 0) is 9.63 Å². The lowest BCUT2D eigenvalue weighted by molar-refractivity contribution is -0.114. The molecule has 1 fully saturated rings. The van der Waals surface area contributed by atoms with Crippen molar-refractivity contribution in [1.82, 2.24) is 0 Å². The normalized spacial score (nSPS) is 23.3. The molecule has 3 heteroatoms. The highest BCUT2D eigenvalue weighted by molar-refractivity contribution is 6.41. The molecule has 2 atom stereocenters. The van der Waals surface area contributed by atoms with Gasteiger partial charge in [-0.25, -0.2) is 0 Å². The summed E-state index contributed by atoms with van der Waals surface area (Å²) < 4.78 is 0. The summed E-state index contributed by atoms with van der Waals surface area (Å²) in [4.78, 5) is 16.8. The van der Waals surface area contributed by atoms with Crippen LogP contribution in [0.2, 0.25) is 0 Å². The van der Waals surface area contributed by atoms with E-state index < -0.39 is 0 Å². The van der Waals surface area contributed by atoms with Crippen molar-refractivity contribution in [3.05, 3.63) is 35.9 Å². The molecule has 0 N–H and O–H groups in total. The van der Waals surface area contributed by atoms with Crippen LogP contribution in [0.5, 0.6) is 0 Å². The topological polar surface area (TPSA) is 38.7 Å². The Labute approximate surface area is 101 Å². The van der Waals surface area contributed by atoms with Crippen molar-refractivity contribution in [2.24, 2.45) is 11.1 Å². The molecule has 1 aromatic rings. The van der Waals surface area contributed by atoms with Crippen LogP contribution in [0, 0.1) is 5.92 Å². The van der Waals surface area contributed by atoms with E-state index in [1.165, 1.54) is 12.7 Å². The van der Waals surface area contributed by atoms with Crippen molar-refractivity contribution in [1.29, 1.82) is 0 Å². The van der Waals surface area contributed by atoms with Gasteiger partial charge < -0.3 is 4.84 Å². The summed E-state index contributed by atoms with van der Waals surface area (Å²) in [6, 6.07) is 10.2. The number of carbonyl (C=O) groups excluding carboxylic acids is 1. The molecule has 1 aliphatic rings. The predicted octanol–water partition coefficient (Wildman–Crippen LogP) is 2.77. The standard InChI is InChI=1S/C14H17NO2/c1-3-13(15-17-2)14(16)12-9-11(12)10-7-5-4-6-8-10/h4-8,11-12H,3,9H2,1-2H3. The number of hydrogen-bond acceptors (Lipinski definition) is 3. The molecule has 0 aromatic heterocycles. The molecule has 1 aromatic carbocycles. The minimum absolute atomic E-state index is 0.103. The van der Waals surface area contributed by atoms with Gasteiger partial charge in [-0.2, -0.15) is 0 Å². The van der Waals surface area contributed by atoms with Gasteiger partial charge in [0.1, 0.15) is 12.8 Å². The highest BCUT2D eigenvalue weighted by atomic mass is 16.6. The molecular formula is C14H17NO2.